The number of alkyl halides is 3. The Hall–Kier alpha value is -1.95. The number of Topliss-reactive ketones (excluding diaryl/α,β-unsaturated/α-hetero) is 1. The van der Waals surface area contributed by atoms with E-state index < -0.39 is 23.3 Å². The minimum Gasteiger partial charge on any atom is -0.294 e. The summed E-state index contributed by atoms with van der Waals surface area (Å²) in [5, 5.41) is 0.240. The summed E-state index contributed by atoms with van der Waals surface area (Å²) in [5.74, 6) is -2.01. The molecule has 0 fully saturated rings. The Morgan fingerprint density at radius 2 is 1.95 bits per heavy atom. The molecule has 1 heterocycles. The molecular formula is C14H8ClF4NO. The molecular weight excluding hydrogens is 310 g/mol. The highest BCUT2D eigenvalue weighted by atomic mass is 35.5. The highest BCUT2D eigenvalue weighted by Crippen LogP contribution is 2.32. The smallest absolute Gasteiger partial charge is 0.294 e. The fourth-order valence-corrected chi connectivity index (χ4v) is 1.92. The molecule has 1 aromatic carbocycles. The Kier molecular flexibility index (Phi) is 4.27. The molecule has 0 N–H and O–H groups in total. The molecule has 2 aromatic rings. The number of nitrogens with zero attached hydrogens (tertiary/aromatic N) is 1. The standard InChI is InChI=1S/C14H8ClF4NO/c15-11-7-20-4-3-8(11)6-13(21)9-1-2-12(16)10(5-9)14(17,18)19/h1-5,7H,6H2. The van der Waals surface area contributed by atoms with Crippen LogP contribution in [-0.2, 0) is 12.6 Å². The van der Waals surface area contributed by atoms with Crippen LogP contribution >= 0.6 is 11.6 Å². The second-order valence-electron chi connectivity index (χ2n) is 4.26. The van der Waals surface area contributed by atoms with Gasteiger partial charge in [-0.05, 0) is 29.8 Å². The molecule has 0 radical (unpaired) electrons. The second-order valence-corrected chi connectivity index (χ2v) is 4.67. The van der Waals surface area contributed by atoms with E-state index in [0.29, 0.717) is 17.7 Å². The number of ketones is 1. The van der Waals surface area contributed by atoms with E-state index >= 15 is 0 Å². The van der Waals surface area contributed by atoms with Gasteiger partial charge < -0.3 is 0 Å². The Morgan fingerprint density at radius 3 is 2.57 bits per heavy atom. The van der Waals surface area contributed by atoms with Gasteiger partial charge in [-0.1, -0.05) is 11.6 Å². The van der Waals surface area contributed by atoms with Gasteiger partial charge in [0.1, 0.15) is 5.82 Å². The average Bonchev–Trinajstić information content (AvgIpc) is 2.40. The van der Waals surface area contributed by atoms with Crippen LogP contribution in [0.2, 0.25) is 5.02 Å². The summed E-state index contributed by atoms with van der Waals surface area (Å²) < 4.78 is 51.0. The van der Waals surface area contributed by atoms with E-state index in [1.165, 1.54) is 18.5 Å². The van der Waals surface area contributed by atoms with Crippen LogP contribution < -0.4 is 0 Å². The minimum absolute atomic E-state index is 0.190. The van der Waals surface area contributed by atoms with Crippen LogP contribution in [0.3, 0.4) is 0 Å². The minimum atomic E-state index is -4.85. The zero-order chi connectivity index (χ0) is 15.6. The molecule has 110 valence electrons. The summed E-state index contributed by atoms with van der Waals surface area (Å²) >= 11 is 5.83. The van der Waals surface area contributed by atoms with E-state index in [0.717, 1.165) is 6.07 Å². The third kappa shape index (κ3) is 3.58. The van der Waals surface area contributed by atoms with Gasteiger partial charge in [0.15, 0.2) is 5.78 Å². The first kappa shape index (κ1) is 15.4. The van der Waals surface area contributed by atoms with Gasteiger partial charge in [-0.15, -0.1) is 0 Å². The van der Waals surface area contributed by atoms with Crippen LogP contribution in [0.5, 0.6) is 0 Å². The van der Waals surface area contributed by atoms with Crippen LogP contribution in [0.25, 0.3) is 0 Å². The SMILES string of the molecule is O=C(Cc1ccncc1Cl)c1ccc(F)c(C(F)(F)F)c1. The molecule has 0 aliphatic rings. The van der Waals surface area contributed by atoms with Crippen molar-refractivity contribution >= 4 is 17.4 Å². The molecule has 0 aliphatic carbocycles. The van der Waals surface area contributed by atoms with E-state index in [4.69, 9.17) is 11.6 Å². The summed E-state index contributed by atoms with van der Waals surface area (Å²) in [4.78, 5) is 15.7. The Balaban J connectivity index is 2.31. The summed E-state index contributed by atoms with van der Waals surface area (Å²) in [6, 6.07) is 3.65. The highest BCUT2D eigenvalue weighted by molar-refractivity contribution is 6.31. The second kappa shape index (κ2) is 5.81. The van der Waals surface area contributed by atoms with Crippen molar-refractivity contribution in [1.29, 1.82) is 0 Å². The van der Waals surface area contributed by atoms with Crippen LogP contribution in [0, 0.1) is 5.82 Å². The highest BCUT2D eigenvalue weighted by Gasteiger charge is 2.34. The molecule has 0 bridgehead atoms. The summed E-state index contributed by atoms with van der Waals surface area (Å²) in [6.45, 7) is 0. The van der Waals surface area contributed by atoms with Gasteiger partial charge in [-0.25, -0.2) is 4.39 Å². The summed E-state index contributed by atoms with van der Waals surface area (Å²) in [5.41, 5.74) is -1.25. The number of carbonyl (C=O) groups excluding carboxylic acids is 1. The number of halogens is 5. The van der Waals surface area contributed by atoms with Crippen molar-refractivity contribution < 1.29 is 22.4 Å². The predicted octanol–water partition coefficient (Wildman–Crippen LogP) is 4.32. The molecule has 0 unspecified atom stereocenters. The van der Waals surface area contributed by atoms with E-state index in [1.54, 1.807) is 0 Å². The fraction of sp³-hybridized carbons (Fsp3) is 0.143. The first-order valence-corrected chi connectivity index (χ1v) is 6.15. The normalized spacial score (nSPS) is 11.5. The largest absolute Gasteiger partial charge is 0.419 e. The average molecular weight is 318 g/mol. The lowest BCUT2D eigenvalue weighted by Crippen LogP contribution is -2.11. The molecule has 0 amide bonds. The van der Waals surface area contributed by atoms with E-state index in [-0.39, 0.29) is 17.0 Å². The quantitative estimate of drug-likeness (QED) is 0.623. The third-order valence-corrected chi connectivity index (χ3v) is 3.14. The zero-order valence-corrected chi connectivity index (χ0v) is 11.2. The molecule has 7 heteroatoms. The molecule has 2 rings (SSSR count). The van der Waals surface area contributed by atoms with Crippen LogP contribution in [0.4, 0.5) is 17.6 Å². The van der Waals surface area contributed by atoms with Crippen molar-refractivity contribution in [3.05, 3.63) is 64.2 Å². The molecule has 0 aliphatic heterocycles. The lowest BCUT2D eigenvalue weighted by molar-refractivity contribution is -0.140. The van der Waals surface area contributed by atoms with Gasteiger partial charge in [-0.3, -0.25) is 9.78 Å². The summed E-state index contributed by atoms with van der Waals surface area (Å²) in [7, 11) is 0. The zero-order valence-electron chi connectivity index (χ0n) is 10.4. The van der Waals surface area contributed by atoms with Crippen molar-refractivity contribution in [3.8, 4) is 0 Å². The van der Waals surface area contributed by atoms with Gasteiger partial charge in [0.2, 0.25) is 0 Å². The van der Waals surface area contributed by atoms with Gasteiger partial charge in [0, 0.05) is 24.4 Å². The lowest BCUT2D eigenvalue weighted by Gasteiger charge is -2.10. The fourth-order valence-electron chi connectivity index (χ4n) is 1.74. The maximum absolute atomic E-state index is 13.2. The van der Waals surface area contributed by atoms with Gasteiger partial charge in [-0.2, -0.15) is 13.2 Å². The Morgan fingerprint density at radius 1 is 1.24 bits per heavy atom. The molecule has 2 nitrogen and oxygen atoms in total. The van der Waals surface area contributed by atoms with Crippen molar-refractivity contribution in [3.63, 3.8) is 0 Å². The number of aromatic nitrogens is 1. The van der Waals surface area contributed by atoms with Crippen LogP contribution in [-0.4, -0.2) is 10.8 Å². The number of hydrogen-bond donors (Lipinski definition) is 0. The van der Waals surface area contributed by atoms with Crippen LogP contribution in [0.15, 0.2) is 36.7 Å². The monoisotopic (exact) mass is 317 g/mol. The van der Waals surface area contributed by atoms with E-state index in [9.17, 15) is 22.4 Å². The molecule has 21 heavy (non-hydrogen) atoms. The van der Waals surface area contributed by atoms with Gasteiger partial charge in [0.25, 0.3) is 0 Å². The number of pyridine rings is 1. The first-order chi connectivity index (χ1) is 9.79. The maximum Gasteiger partial charge on any atom is 0.419 e. The molecule has 0 saturated heterocycles. The third-order valence-electron chi connectivity index (χ3n) is 2.80. The van der Waals surface area contributed by atoms with E-state index in [2.05, 4.69) is 4.98 Å². The number of carbonyl (C=O) groups is 1. The Bertz CT molecular complexity index is 685. The topological polar surface area (TPSA) is 30.0 Å². The van der Waals surface area contributed by atoms with Crippen LogP contribution in [0.1, 0.15) is 21.5 Å². The maximum atomic E-state index is 13.2. The Labute approximate surface area is 122 Å². The van der Waals surface area contributed by atoms with Crippen molar-refractivity contribution in [1.82, 2.24) is 4.98 Å². The number of rotatable bonds is 3. The van der Waals surface area contributed by atoms with E-state index in [1.807, 2.05) is 0 Å². The molecule has 1 aromatic heterocycles. The first-order valence-electron chi connectivity index (χ1n) is 5.77. The molecule has 0 spiro atoms. The molecule has 0 atom stereocenters. The number of benzene rings is 1. The van der Waals surface area contributed by atoms with Crippen molar-refractivity contribution in [2.45, 2.75) is 12.6 Å². The van der Waals surface area contributed by atoms with Crippen molar-refractivity contribution in [2.75, 3.05) is 0 Å². The van der Waals surface area contributed by atoms with Gasteiger partial charge >= 0.3 is 6.18 Å². The number of hydrogen-bond acceptors (Lipinski definition) is 2. The predicted molar refractivity (Wildman–Crippen MR) is 68.7 cm³/mol. The summed E-state index contributed by atoms with van der Waals surface area (Å²) in [6.07, 6.45) is -2.30. The van der Waals surface area contributed by atoms with Gasteiger partial charge in [0.05, 0.1) is 10.6 Å². The lowest BCUT2D eigenvalue weighted by atomic mass is 10.0. The van der Waals surface area contributed by atoms with Crippen molar-refractivity contribution in [2.24, 2.45) is 0 Å². The molecule has 0 saturated carbocycles.